The molecule has 4 N–H and O–H groups in total. The fraction of sp³-hybridized carbons (Fsp3) is 0.333. The highest BCUT2D eigenvalue weighted by molar-refractivity contribution is 7.97. The van der Waals surface area contributed by atoms with Crippen molar-refractivity contribution in [3.63, 3.8) is 0 Å². The first-order chi connectivity index (χ1) is 5.84. The second-order valence-electron chi connectivity index (χ2n) is 1.97. The first-order valence-corrected chi connectivity index (χ1v) is 4.95. The van der Waals surface area contributed by atoms with Crippen molar-refractivity contribution in [2.24, 2.45) is 10.9 Å². The van der Waals surface area contributed by atoms with E-state index in [0.717, 1.165) is 17.5 Å². The van der Waals surface area contributed by atoms with Crippen molar-refractivity contribution in [1.29, 1.82) is 0 Å². The Balaban J connectivity index is 0.000000561. The molecule has 0 aromatic heterocycles. The average Bonchev–Trinajstić information content (AvgIpc) is 2.21. The minimum Gasteiger partial charge on any atom is -0.315 e. The average molecular weight is 184 g/mol. The van der Waals surface area contributed by atoms with Gasteiger partial charge in [0, 0.05) is 0 Å². The summed E-state index contributed by atoms with van der Waals surface area (Å²) < 4.78 is 0. The first kappa shape index (κ1) is 11.5. The fourth-order valence-electron chi connectivity index (χ4n) is 0.721. The summed E-state index contributed by atoms with van der Waals surface area (Å²) in [6.45, 7) is 4.00. The van der Waals surface area contributed by atoms with Gasteiger partial charge >= 0.3 is 0 Å². The summed E-state index contributed by atoms with van der Waals surface area (Å²) in [5.74, 6) is 0. The SMILES string of the molecule is CC.NSC(N)c1ccccc1. The van der Waals surface area contributed by atoms with Crippen LogP contribution in [0.2, 0.25) is 0 Å². The van der Waals surface area contributed by atoms with Crippen molar-refractivity contribution in [1.82, 2.24) is 0 Å². The zero-order valence-corrected chi connectivity index (χ0v) is 8.34. The van der Waals surface area contributed by atoms with E-state index < -0.39 is 0 Å². The number of benzene rings is 1. The molecule has 68 valence electrons. The van der Waals surface area contributed by atoms with Crippen LogP contribution in [-0.2, 0) is 0 Å². The molecule has 1 aromatic rings. The third-order valence-electron chi connectivity index (χ3n) is 1.27. The van der Waals surface area contributed by atoms with Crippen molar-refractivity contribution < 1.29 is 0 Å². The van der Waals surface area contributed by atoms with E-state index in [-0.39, 0.29) is 5.37 Å². The van der Waals surface area contributed by atoms with E-state index in [4.69, 9.17) is 10.9 Å². The molecule has 12 heavy (non-hydrogen) atoms. The summed E-state index contributed by atoms with van der Waals surface area (Å²) >= 11 is 1.16. The summed E-state index contributed by atoms with van der Waals surface area (Å²) in [7, 11) is 0. The smallest absolute Gasteiger partial charge is 0.0907 e. The van der Waals surface area contributed by atoms with Gasteiger partial charge in [-0.05, 0) is 5.56 Å². The van der Waals surface area contributed by atoms with E-state index in [1.807, 2.05) is 44.2 Å². The molecule has 3 heteroatoms. The highest BCUT2D eigenvalue weighted by Gasteiger charge is 2.00. The van der Waals surface area contributed by atoms with Gasteiger partial charge in [0.2, 0.25) is 0 Å². The quantitative estimate of drug-likeness (QED) is 0.547. The molecule has 0 aliphatic heterocycles. The molecule has 2 nitrogen and oxygen atoms in total. The van der Waals surface area contributed by atoms with Crippen LogP contribution >= 0.6 is 11.9 Å². The minimum absolute atomic E-state index is 0.0961. The molecule has 0 spiro atoms. The third-order valence-corrected chi connectivity index (χ3v) is 1.84. The van der Waals surface area contributed by atoms with Gasteiger partial charge in [-0.25, -0.2) is 0 Å². The highest BCUT2D eigenvalue weighted by Crippen LogP contribution is 2.16. The van der Waals surface area contributed by atoms with Crippen molar-refractivity contribution in [2.45, 2.75) is 19.2 Å². The zero-order chi connectivity index (χ0) is 9.40. The van der Waals surface area contributed by atoms with Crippen LogP contribution in [0.5, 0.6) is 0 Å². The summed E-state index contributed by atoms with van der Waals surface area (Å²) in [4.78, 5) is 0. The zero-order valence-electron chi connectivity index (χ0n) is 7.53. The van der Waals surface area contributed by atoms with E-state index in [9.17, 15) is 0 Å². The summed E-state index contributed by atoms with van der Waals surface area (Å²) in [6.07, 6.45) is 0. The van der Waals surface area contributed by atoms with Crippen molar-refractivity contribution in [2.75, 3.05) is 0 Å². The van der Waals surface area contributed by atoms with E-state index in [0.29, 0.717) is 0 Å². The van der Waals surface area contributed by atoms with Crippen LogP contribution in [0, 0.1) is 0 Å². The number of rotatable bonds is 2. The lowest BCUT2D eigenvalue weighted by molar-refractivity contribution is 1.03. The molecule has 0 radical (unpaired) electrons. The van der Waals surface area contributed by atoms with Crippen molar-refractivity contribution >= 4 is 11.9 Å². The Kier molecular flexibility index (Phi) is 6.85. The maximum absolute atomic E-state index is 5.63. The number of hydrogen-bond donors (Lipinski definition) is 2. The van der Waals surface area contributed by atoms with Crippen molar-refractivity contribution in [3.05, 3.63) is 35.9 Å². The molecule has 1 unspecified atom stereocenters. The van der Waals surface area contributed by atoms with E-state index in [1.165, 1.54) is 0 Å². The standard InChI is InChI=1S/C7H10N2S.C2H6/c8-7(10-9)6-4-2-1-3-5-6;1-2/h1-5,7H,8-9H2;1-2H3. The lowest BCUT2D eigenvalue weighted by atomic mass is 10.2. The molecule has 0 heterocycles. The maximum Gasteiger partial charge on any atom is 0.0907 e. The van der Waals surface area contributed by atoms with Gasteiger partial charge in [0.1, 0.15) is 0 Å². The van der Waals surface area contributed by atoms with Crippen LogP contribution < -0.4 is 10.9 Å². The Morgan fingerprint density at radius 3 is 2.08 bits per heavy atom. The molecular weight excluding hydrogens is 168 g/mol. The fourth-order valence-corrected chi connectivity index (χ4v) is 1.04. The molecular formula is C9H16N2S. The molecule has 1 atom stereocenters. The Bertz CT molecular complexity index is 189. The Labute approximate surface area is 78.5 Å². The van der Waals surface area contributed by atoms with Gasteiger partial charge in [-0.1, -0.05) is 56.1 Å². The molecule has 0 fully saturated rings. The van der Waals surface area contributed by atoms with Gasteiger partial charge in [0.15, 0.2) is 0 Å². The molecule has 0 amide bonds. The van der Waals surface area contributed by atoms with Crippen LogP contribution in [0.4, 0.5) is 0 Å². The maximum atomic E-state index is 5.63. The molecule has 1 aromatic carbocycles. The first-order valence-electron chi connectivity index (χ1n) is 4.00. The topological polar surface area (TPSA) is 52.0 Å². The molecule has 0 saturated carbocycles. The van der Waals surface area contributed by atoms with Gasteiger partial charge in [-0.15, -0.1) is 0 Å². The summed E-state index contributed by atoms with van der Waals surface area (Å²) in [5, 5.41) is 5.20. The predicted molar refractivity (Wildman–Crippen MR) is 56.5 cm³/mol. The minimum atomic E-state index is -0.0961. The predicted octanol–water partition coefficient (Wildman–Crippen LogP) is 2.28. The van der Waals surface area contributed by atoms with Gasteiger partial charge in [-0.2, -0.15) is 0 Å². The molecule has 0 saturated heterocycles. The van der Waals surface area contributed by atoms with Crippen LogP contribution in [-0.4, -0.2) is 0 Å². The molecule has 0 aliphatic carbocycles. The van der Waals surface area contributed by atoms with E-state index >= 15 is 0 Å². The second-order valence-corrected chi connectivity index (χ2v) is 2.75. The van der Waals surface area contributed by atoms with E-state index in [2.05, 4.69) is 0 Å². The highest BCUT2D eigenvalue weighted by atomic mass is 32.2. The largest absolute Gasteiger partial charge is 0.315 e. The van der Waals surface area contributed by atoms with Crippen molar-refractivity contribution in [3.8, 4) is 0 Å². The monoisotopic (exact) mass is 184 g/mol. The third kappa shape index (κ3) is 3.76. The second kappa shape index (κ2) is 7.16. The lowest BCUT2D eigenvalue weighted by Gasteiger charge is -2.05. The molecule has 0 bridgehead atoms. The normalized spacial score (nSPS) is 11.3. The van der Waals surface area contributed by atoms with Gasteiger partial charge < -0.3 is 5.73 Å². The summed E-state index contributed by atoms with van der Waals surface area (Å²) in [5.41, 5.74) is 6.70. The van der Waals surface area contributed by atoms with Gasteiger partial charge in [0.05, 0.1) is 5.37 Å². The summed E-state index contributed by atoms with van der Waals surface area (Å²) in [6, 6.07) is 9.78. The van der Waals surface area contributed by atoms with Gasteiger partial charge in [-0.3, -0.25) is 5.14 Å². The molecule has 1 rings (SSSR count). The Morgan fingerprint density at radius 2 is 1.67 bits per heavy atom. The lowest BCUT2D eigenvalue weighted by Crippen LogP contribution is -2.07. The van der Waals surface area contributed by atoms with Crippen LogP contribution in [0.3, 0.4) is 0 Å². The number of hydrogen-bond acceptors (Lipinski definition) is 3. The Hall–Kier alpha value is -0.510. The Morgan fingerprint density at radius 1 is 1.17 bits per heavy atom. The van der Waals surface area contributed by atoms with E-state index in [1.54, 1.807) is 0 Å². The van der Waals surface area contributed by atoms with Gasteiger partial charge in [0.25, 0.3) is 0 Å². The van der Waals surface area contributed by atoms with Crippen LogP contribution in [0.15, 0.2) is 30.3 Å². The number of nitrogens with two attached hydrogens (primary N) is 2. The van der Waals surface area contributed by atoms with Crippen LogP contribution in [0.25, 0.3) is 0 Å². The molecule has 0 aliphatic rings. The van der Waals surface area contributed by atoms with Crippen LogP contribution in [0.1, 0.15) is 24.8 Å².